The zero-order valence-corrected chi connectivity index (χ0v) is 24.7. The molecule has 1 aromatic rings. The van der Waals surface area contributed by atoms with Gasteiger partial charge in [0.2, 0.25) is 5.91 Å². The van der Waals surface area contributed by atoms with Crippen molar-refractivity contribution in [1.82, 2.24) is 10.2 Å². The summed E-state index contributed by atoms with van der Waals surface area (Å²) in [6.45, 7) is 5.28. The quantitative estimate of drug-likeness (QED) is 0.306. The van der Waals surface area contributed by atoms with E-state index in [0.717, 1.165) is 25.1 Å². The summed E-state index contributed by atoms with van der Waals surface area (Å²) in [5, 5.41) is 26.5. The highest BCUT2D eigenvalue weighted by molar-refractivity contribution is 6.32. The first-order valence-corrected chi connectivity index (χ1v) is 14.3. The molecule has 224 valence electrons. The summed E-state index contributed by atoms with van der Waals surface area (Å²) in [5.74, 6) is -9.89. The van der Waals surface area contributed by atoms with Crippen LogP contribution in [-0.2, 0) is 32.1 Å². The van der Waals surface area contributed by atoms with Crippen molar-refractivity contribution in [3.63, 3.8) is 0 Å². The number of rotatable bonds is 9. The number of fused-ring (bicyclic) bond motifs is 3. The standard InChI is InChI=1S/C30H42N4O7/c1-7-14(8-2)12-32-13-16-11-19(33(3)4)17-9-15-10-18-23(34(5)6)26(37)22(29(31)40)28(39)30(18,41)27(38)20(15)25(36)21(17)24(16)35/h11,14-15,18,20,22-23,32,35,41H,7-10,12-13H2,1-6H3,(H2,31,40)/t15-,18-,20?,22?,23-,30-/m0/s1. The normalized spacial score (nSPS) is 29.4. The highest BCUT2D eigenvalue weighted by Crippen LogP contribution is 2.52. The topological polar surface area (TPSA) is 170 Å². The van der Waals surface area contributed by atoms with Gasteiger partial charge in [-0.1, -0.05) is 26.7 Å². The number of aliphatic hydroxyl groups is 1. The lowest BCUT2D eigenvalue weighted by atomic mass is 9.52. The van der Waals surface area contributed by atoms with E-state index in [9.17, 15) is 34.2 Å². The van der Waals surface area contributed by atoms with Crippen LogP contribution in [-0.4, -0.2) is 90.5 Å². The van der Waals surface area contributed by atoms with E-state index < -0.39 is 64.4 Å². The molecule has 11 heteroatoms. The fourth-order valence-electron chi connectivity index (χ4n) is 7.23. The fourth-order valence-corrected chi connectivity index (χ4v) is 7.23. The number of nitrogens with two attached hydrogens (primary N) is 1. The number of amides is 1. The Morgan fingerprint density at radius 3 is 2.29 bits per heavy atom. The molecule has 0 heterocycles. The van der Waals surface area contributed by atoms with E-state index in [1.54, 1.807) is 14.1 Å². The maximum absolute atomic E-state index is 14.1. The van der Waals surface area contributed by atoms with Gasteiger partial charge in [0.15, 0.2) is 34.7 Å². The Morgan fingerprint density at radius 2 is 1.76 bits per heavy atom. The molecule has 2 fully saturated rings. The number of Topliss-reactive ketones (excluding diaryl/α,β-unsaturated/α-hetero) is 4. The largest absolute Gasteiger partial charge is 0.507 e. The van der Waals surface area contributed by atoms with E-state index in [2.05, 4.69) is 19.2 Å². The van der Waals surface area contributed by atoms with Gasteiger partial charge in [-0.25, -0.2) is 0 Å². The van der Waals surface area contributed by atoms with Crippen molar-refractivity contribution in [3.05, 3.63) is 22.8 Å². The molecule has 0 aromatic heterocycles. The van der Waals surface area contributed by atoms with Gasteiger partial charge in [0.1, 0.15) is 5.75 Å². The van der Waals surface area contributed by atoms with Gasteiger partial charge in [-0.05, 0) is 56.9 Å². The van der Waals surface area contributed by atoms with Crippen LogP contribution in [0.5, 0.6) is 5.75 Å². The predicted octanol–water partition coefficient (Wildman–Crippen LogP) is 0.459. The van der Waals surface area contributed by atoms with E-state index in [1.807, 2.05) is 25.1 Å². The zero-order valence-electron chi connectivity index (χ0n) is 24.7. The molecular formula is C30H42N4O7. The third-order valence-corrected chi connectivity index (χ3v) is 9.50. The minimum absolute atomic E-state index is 0.0159. The molecular weight excluding hydrogens is 528 g/mol. The summed E-state index contributed by atoms with van der Waals surface area (Å²) < 4.78 is 0. The van der Waals surface area contributed by atoms with E-state index >= 15 is 0 Å². The number of phenols is 1. The van der Waals surface area contributed by atoms with Gasteiger partial charge < -0.3 is 26.2 Å². The summed E-state index contributed by atoms with van der Waals surface area (Å²) in [6, 6.07) is 0.720. The number of benzene rings is 1. The van der Waals surface area contributed by atoms with Gasteiger partial charge in [-0.3, -0.25) is 28.9 Å². The Labute approximate surface area is 240 Å². The van der Waals surface area contributed by atoms with E-state index in [0.29, 0.717) is 23.6 Å². The Bertz CT molecular complexity index is 1290. The molecule has 41 heavy (non-hydrogen) atoms. The van der Waals surface area contributed by atoms with Crippen molar-refractivity contribution >= 4 is 34.7 Å². The second-order valence-electron chi connectivity index (χ2n) is 12.3. The van der Waals surface area contributed by atoms with Crippen LogP contribution in [0.15, 0.2) is 6.07 Å². The molecule has 11 nitrogen and oxygen atoms in total. The van der Waals surface area contributed by atoms with Gasteiger partial charge >= 0.3 is 0 Å². The molecule has 2 saturated carbocycles. The van der Waals surface area contributed by atoms with E-state index in [-0.39, 0.29) is 24.2 Å². The third kappa shape index (κ3) is 4.77. The summed E-state index contributed by atoms with van der Waals surface area (Å²) in [7, 11) is 6.80. The number of ketones is 4. The maximum Gasteiger partial charge on any atom is 0.235 e. The summed E-state index contributed by atoms with van der Waals surface area (Å²) >= 11 is 0. The molecule has 5 N–H and O–H groups in total. The number of aromatic hydroxyl groups is 1. The molecule has 0 bridgehead atoms. The third-order valence-electron chi connectivity index (χ3n) is 9.50. The minimum Gasteiger partial charge on any atom is -0.507 e. The number of primary amides is 1. The first kappa shape index (κ1) is 30.8. The number of nitrogens with zero attached hydrogens (tertiary/aromatic N) is 2. The molecule has 4 rings (SSSR count). The highest BCUT2D eigenvalue weighted by atomic mass is 16.3. The number of hydrogen-bond acceptors (Lipinski definition) is 10. The SMILES string of the molecule is CCC(CC)CNCc1cc(N(C)C)c2c(c1O)C(=O)C1C(=O)[C@]3(O)C(=O)C(C(N)=O)C(=O)[C@@H](N(C)C)[C@@H]3C[C@@H]1C2. The average Bonchev–Trinajstić information content (AvgIpc) is 2.89. The maximum atomic E-state index is 14.1. The Kier molecular flexibility index (Phi) is 8.46. The summed E-state index contributed by atoms with van der Waals surface area (Å²) in [6.07, 6.45) is 2.27. The smallest absolute Gasteiger partial charge is 0.235 e. The molecule has 1 amide bonds. The number of anilines is 1. The van der Waals surface area contributed by atoms with Gasteiger partial charge in [0.05, 0.1) is 17.5 Å². The van der Waals surface area contributed by atoms with Gasteiger partial charge in [0.25, 0.3) is 0 Å². The van der Waals surface area contributed by atoms with Crippen LogP contribution in [0, 0.1) is 29.6 Å². The molecule has 3 aliphatic carbocycles. The lowest BCUT2D eigenvalue weighted by Crippen LogP contribution is -2.74. The van der Waals surface area contributed by atoms with Crippen LogP contribution in [0.3, 0.4) is 0 Å². The van der Waals surface area contributed by atoms with Crippen molar-refractivity contribution in [1.29, 1.82) is 0 Å². The monoisotopic (exact) mass is 570 g/mol. The van der Waals surface area contributed by atoms with Crippen LogP contribution in [0.25, 0.3) is 0 Å². The lowest BCUT2D eigenvalue weighted by Gasteiger charge is -2.52. The molecule has 6 atom stereocenters. The number of hydrogen-bond donors (Lipinski definition) is 4. The first-order chi connectivity index (χ1) is 19.2. The minimum atomic E-state index is -2.73. The zero-order chi connectivity index (χ0) is 30.5. The molecule has 0 spiro atoms. The highest BCUT2D eigenvalue weighted by Gasteiger charge is 2.69. The van der Waals surface area contributed by atoms with Crippen LogP contribution in [0.2, 0.25) is 0 Å². The Morgan fingerprint density at radius 1 is 1.12 bits per heavy atom. The van der Waals surface area contributed by atoms with E-state index in [1.165, 1.54) is 4.90 Å². The second-order valence-corrected chi connectivity index (χ2v) is 12.3. The molecule has 1 aromatic carbocycles. The number of carbonyl (C=O) groups excluding carboxylic acids is 5. The van der Waals surface area contributed by atoms with Gasteiger partial charge in [-0.15, -0.1) is 0 Å². The van der Waals surface area contributed by atoms with Crippen molar-refractivity contribution in [2.45, 2.75) is 57.7 Å². The molecule has 0 saturated heterocycles. The second kappa shape index (κ2) is 11.3. The number of likely N-dealkylation sites (N-methyl/N-ethyl adjacent to an activating group) is 1. The molecule has 3 aliphatic rings. The summed E-state index contributed by atoms with van der Waals surface area (Å²) in [5.41, 5.74) is 4.49. The summed E-state index contributed by atoms with van der Waals surface area (Å²) in [4.78, 5) is 70.3. The molecule has 0 radical (unpaired) electrons. The van der Waals surface area contributed by atoms with Crippen molar-refractivity contribution < 1.29 is 34.2 Å². The van der Waals surface area contributed by atoms with Crippen molar-refractivity contribution in [2.24, 2.45) is 35.3 Å². The average molecular weight is 571 g/mol. The van der Waals surface area contributed by atoms with E-state index in [4.69, 9.17) is 5.73 Å². The molecule has 2 unspecified atom stereocenters. The lowest BCUT2D eigenvalue weighted by molar-refractivity contribution is -0.181. The fraction of sp³-hybridized carbons (Fsp3) is 0.633. The number of phenolic OH excluding ortho intramolecular Hbond substituents is 1. The van der Waals surface area contributed by atoms with Crippen LogP contribution < -0.4 is 16.0 Å². The Balaban J connectivity index is 1.80. The number of carbonyl (C=O) groups is 5. The van der Waals surface area contributed by atoms with Gasteiger partial charge in [0, 0.05) is 37.8 Å². The van der Waals surface area contributed by atoms with Gasteiger partial charge in [-0.2, -0.15) is 0 Å². The molecule has 0 aliphatic heterocycles. The van der Waals surface area contributed by atoms with Crippen molar-refractivity contribution in [3.8, 4) is 5.75 Å². The van der Waals surface area contributed by atoms with Crippen LogP contribution >= 0.6 is 0 Å². The number of nitrogens with one attached hydrogen (secondary N) is 1. The first-order valence-electron chi connectivity index (χ1n) is 14.3. The predicted molar refractivity (Wildman–Crippen MR) is 151 cm³/mol. The van der Waals surface area contributed by atoms with Crippen LogP contribution in [0.1, 0.15) is 54.6 Å². The Hall–Kier alpha value is -3.15. The van der Waals surface area contributed by atoms with Crippen LogP contribution in [0.4, 0.5) is 5.69 Å². The van der Waals surface area contributed by atoms with Crippen molar-refractivity contribution in [2.75, 3.05) is 39.6 Å².